The maximum atomic E-state index is 12.5. The van der Waals surface area contributed by atoms with Gasteiger partial charge in [0.2, 0.25) is 5.91 Å². The number of benzene rings is 1. The van der Waals surface area contributed by atoms with Crippen molar-refractivity contribution in [1.82, 2.24) is 20.3 Å². The lowest BCUT2D eigenvalue weighted by Gasteiger charge is -2.23. The molecule has 2 aromatic rings. The Morgan fingerprint density at radius 1 is 1.25 bits per heavy atom. The van der Waals surface area contributed by atoms with E-state index >= 15 is 0 Å². The Balaban J connectivity index is 1.73. The molecule has 0 saturated carbocycles. The van der Waals surface area contributed by atoms with E-state index in [0.29, 0.717) is 10.7 Å². The second-order valence-corrected chi connectivity index (χ2v) is 6.79. The van der Waals surface area contributed by atoms with E-state index in [4.69, 9.17) is 23.8 Å². The topological polar surface area (TPSA) is 94.6 Å². The summed E-state index contributed by atoms with van der Waals surface area (Å²) in [5.41, 5.74) is 3.23. The minimum atomic E-state index is -0.968. The van der Waals surface area contributed by atoms with Gasteiger partial charge < -0.3 is 5.32 Å². The van der Waals surface area contributed by atoms with Crippen LogP contribution in [0.1, 0.15) is 16.9 Å². The van der Waals surface area contributed by atoms with E-state index < -0.39 is 23.8 Å². The molecule has 0 radical (unpaired) electrons. The van der Waals surface area contributed by atoms with Gasteiger partial charge in [0.05, 0.1) is 6.42 Å². The number of likely N-dealkylation sites (N-methyl/N-ethyl adjacent to an activating group) is 1. The van der Waals surface area contributed by atoms with E-state index in [-0.39, 0.29) is 17.2 Å². The highest BCUT2D eigenvalue weighted by atomic mass is 35.5. The van der Waals surface area contributed by atoms with Crippen molar-refractivity contribution in [2.24, 2.45) is 0 Å². The highest BCUT2D eigenvalue weighted by molar-refractivity contribution is 7.80. The number of aromatic nitrogens is 1. The van der Waals surface area contributed by atoms with Crippen LogP contribution in [0.25, 0.3) is 0 Å². The van der Waals surface area contributed by atoms with Crippen molar-refractivity contribution in [2.45, 2.75) is 12.5 Å². The van der Waals surface area contributed by atoms with Gasteiger partial charge in [0.25, 0.3) is 11.8 Å². The number of carbonyl (C=O) groups is 3. The third-order valence-corrected chi connectivity index (χ3v) is 4.73. The zero-order valence-corrected chi connectivity index (χ0v) is 16.3. The fraction of sp³-hybridized carbons (Fsp3) is 0.167. The Hall–Kier alpha value is -3.04. The average Bonchev–Trinajstić information content (AvgIpc) is 2.87. The Labute approximate surface area is 171 Å². The minimum absolute atomic E-state index is 0.0924. The summed E-state index contributed by atoms with van der Waals surface area (Å²) in [5.74, 6) is -1.35. The van der Waals surface area contributed by atoms with Gasteiger partial charge in [0.15, 0.2) is 5.11 Å². The number of amides is 3. The monoisotopic (exact) mass is 417 g/mol. The smallest absolute Gasteiger partial charge is 0.288 e. The number of halogens is 1. The summed E-state index contributed by atoms with van der Waals surface area (Å²) in [6, 6.07) is 10.5. The van der Waals surface area contributed by atoms with E-state index in [1.165, 1.54) is 29.2 Å². The molecular formula is C18H16ClN5O3S. The first-order valence-corrected chi connectivity index (χ1v) is 9.03. The van der Waals surface area contributed by atoms with Crippen LogP contribution in [0.4, 0.5) is 5.69 Å². The molecule has 1 aliphatic heterocycles. The van der Waals surface area contributed by atoms with Crippen LogP contribution >= 0.6 is 23.8 Å². The minimum Gasteiger partial charge on any atom is -0.326 e. The predicted molar refractivity (Wildman–Crippen MR) is 107 cm³/mol. The number of nitrogens with one attached hydrogen (secondary N) is 2. The van der Waals surface area contributed by atoms with Crippen LogP contribution in [0.5, 0.6) is 0 Å². The summed E-state index contributed by atoms with van der Waals surface area (Å²) in [6.07, 6.45) is 1.27. The molecule has 28 heavy (non-hydrogen) atoms. The molecule has 10 heteroatoms. The number of hydrazine groups is 1. The summed E-state index contributed by atoms with van der Waals surface area (Å²) in [7, 11) is 1.49. The normalized spacial score (nSPS) is 16.3. The molecule has 0 aliphatic carbocycles. The third kappa shape index (κ3) is 4.26. The number of carbonyl (C=O) groups excluding carboxylic acids is 3. The second kappa shape index (κ2) is 8.32. The van der Waals surface area contributed by atoms with Gasteiger partial charge in [-0.25, -0.2) is 5.01 Å². The lowest BCUT2D eigenvalue weighted by molar-refractivity contribution is -0.130. The zero-order valence-electron chi connectivity index (χ0n) is 14.8. The summed E-state index contributed by atoms with van der Waals surface area (Å²) in [4.78, 5) is 42.5. The van der Waals surface area contributed by atoms with E-state index in [1.54, 1.807) is 36.4 Å². The lowest BCUT2D eigenvalue weighted by atomic mass is 10.2. The number of hydrogen-bond donors (Lipinski definition) is 2. The quantitative estimate of drug-likeness (QED) is 0.721. The first-order chi connectivity index (χ1) is 13.4. The molecule has 1 aromatic heterocycles. The first-order valence-electron chi connectivity index (χ1n) is 8.25. The second-order valence-electron chi connectivity index (χ2n) is 5.98. The number of nitrogens with zero attached hydrogens (tertiary/aromatic N) is 3. The van der Waals surface area contributed by atoms with Crippen molar-refractivity contribution >= 4 is 52.3 Å². The number of thiocarbonyl (C=S) groups is 1. The van der Waals surface area contributed by atoms with Crippen LogP contribution in [0.3, 0.4) is 0 Å². The number of anilines is 1. The third-order valence-electron chi connectivity index (χ3n) is 4.03. The number of hydrogen-bond acceptors (Lipinski definition) is 5. The molecule has 0 bridgehead atoms. The molecule has 8 nitrogen and oxygen atoms in total. The molecule has 0 spiro atoms. The van der Waals surface area contributed by atoms with Crippen molar-refractivity contribution in [3.05, 3.63) is 59.4 Å². The van der Waals surface area contributed by atoms with Gasteiger partial charge in [-0.2, -0.15) is 0 Å². The largest absolute Gasteiger partial charge is 0.326 e. The van der Waals surface area contributed by atoms with E-state index in [0.717, 1.165) is 0 Å². The molecule has 2 heterocycles. The SMILES string of the molecule is CN1C(=O)C(CC(=O)Nc2cccc(Cl)c2)N(NC(=O)c2ccccn2)C1=S. The van der Waals surface area contributed by atoms with Gasteiger partial charge in [-0.05, 0) is 42.5 Å². The molecule has 1 aliphatic rings. The van der Waals surface area contributed by atoms with Crippen LogP contribution in [-0.2, 0) is 9.59 Å². The fourth-order valence-electron chi connectivity index (χ4n) is 2.65. The van der Waals surface area contributed by atoms with Gasteiger partial charge in [-0.3, -0.25) is 29.7 Å². The van der Waals surface area contributed by atoms with Crippen LogP contribution in [0, 0.1) is 0 Å². The molecule has 3 amide bonds. The maximum Gasteiger partial charge on any atom is 0.288 e. The molecule has 2 N–H and O–H groups in total. The van der Waals surface area contributed by atoms with Crippen LogP contribution < -0.4 is 10.7 Å². The van der Waals surface area contributed by atoms with Crippen LogP contribution in [-0.4, -0.2) is 50.8 Å². The van der Waals surface area contributed by atoms with Gasteiger partial charge >= 0.3 is 0 Å². The Morgan fingerprint density at radius 2 is 2.04 bits per heavy atom. The molecular weight excluding hydrogens is 402 g/mol. The number of rotatable bonds is 5. The predicted octanol–water partition coefficient (Wildman–Crippen LogP) is 1.84. The molecule has 144 valence electrons. The highest BCUT2D eigenvalue weighted by Gasteiger charge is 2.42. The zero-order chi connectivity index (χ0) is 20.3. The molecule has 1 unspecified atom stereocenters. The Bertz CT molecular complexity index is 940. The van der Waals surface area contributed by atoms with Crippen molar-refractivity contribution in [1.29, 1.82) is 0 Å². The van der Waals surface area contributed by atoms with Gasteiger partial charge in [-0.1, -0.05) is 23.7 Å². The van der Waals surface area contributed by atoms with Gasteiger partial charge in [0.1, 0.15) is 11.7 Å². The lowest BCUT2D eigenvalue weighted by Crippen LogP contribution is -2.49. The van der Waals surface area contributed by atoms with Crippen molar-refractivity contribution in [2.75, 3.05) is 12.4 Å². The standard InChI is InChI=1S/C18H16ClN5O3S/c1-23-17(27)14(10-15(25)21-12-6-4-5-11(19)9-12)24(18(23)28)22-16(26)13-7-2-3-8-20-13/h2-9,14H,10H2,1H3,(H,21,25)(H,22,26). The van der Waals surface area contributed by atoms with Crippen molar-refractivity contribution in [3.8, 4) is 0 Å². The summed E-state index contributed by atoms with van der Waals surface area (Å²) < 4.78 is 0. The van der Waals surface area contributed by atoms with E-state index in [2.05, 4.69) is 15.7 Å². The van der Waals surface area contributed by atoms with Crippen LogP contribution in [0.2, 0.25) is 5.02 Å². The highest BCUT2D eigenvalue weighted by Crippen LogP contribution is 2.20. The Kier molecular flexibility index (Phi) is 5.86. The van der Waals surface area contributed by atoms with Crippen molar-refractivity contribution < 1.29 is 14.4 Å². The van der Waals surface area contributed by atoms with E-state index in [9.17, 15) is 14.4 Å². The number of pyridine rings is 1. The average molecular weight is 418 g/mol. The molecule has 1 atom stereocenters. The molecule has 1 aromatic carbocycles. The summed E-state index contributed by atoms with van der Waals surface area (Å²) in [6.45, 7) is 0. The van der Waals surface area contributed by atoms with E-state index in [1.807, 2.05) is 0 Å². The fourth-order valence-corrected chi connectivity index (χ4v) is 3.10. The maximum absolute atomic E-state index is 12.5. The molecule has 3 rings (SSSR count). The van der Waals surface area contributed by atoms with Gasteiger partial charge in [-0.15, -0.1) is 0 Å². The summed E-state index contributed by atoms with van der Waals surface area (Å²) in [5, 5.41) is 4.46. The molecule has 1 fully saturated rings. The molecule has 1 saturated heterocycles. The summed E-state index contributed by atoms with van der Waals surface area (Å²) >= 11 is 11.1. The van der Waals surface area contributed by atoms with Gasteiger partial charge in [0, 0.05) is 24.0 Å². The Morgan fingerprint density at radius 3 is 2.71 bits per heavy atom. The first kappa shape index (κ1) is 19.7. The van der Waals surface area contributed by atoms with Crippen molar-refractivity contribution in [3.63, 3.8) is 0 Å². The van der Waals surface area contributed by atoms with Crippen LogP contribution in [0.15, 0.2) is 48.7 Å².